The van der Waals surface area contributed by atoms with E-state index in [-0.39, 0.29) is 5.91 Å². The summed E-state index contributed by atoms with van der Waals surface area (Å²) >= 11 is 0. The molecule has 0 aromatic carbocycles. The van der Waals surface area contributed by atoms with Gasteiger partial charge in [0.05, 0.1) is 6.54 Å². The largest absolute Gasteiger partial charge is 0.352 e. The van der Waals surface area contributed by atoms with Gasteiger partial charge in [0.1, 0.15) is 0 Å². The van der Waals surface area contributed by atoms with Gasteiger partial charge >= 0.3 is 0 Å². The van der Waals surface area contributed by atoms with Gasteiger partial charge in [0.2, 0.25) is 5.91 Å². The second kappa shape index (κ2) is 6.11. The molecule has 3 heteroatoms. The number of carbonyl (C=O) groups is 1. The molecule has 0 heterocycles. The quantitative estimate of drug-likeness (QED) is 0.742. The maximum absolute atomic E-state index is 11.5. The fourth-order valence-electron chi connectivity index (χ4n) is 2.38. The van der Waals surface area contributed by atoms with Crippen LogP contribution in [0.15, 0.2) is 0 Å². The molecule has 0 aromatic rings. The molecule has 3 unspecified atom stereocenters. The van der Waals surface area contributed by atoms with Crippen LogP contribution in [0.25, 0.3) is 0 Å². The molecule has 1 amide bonds. The molecular weight excluding hydrogens is 188 g/mol. The molecule has 0 saturated heterocycles. The summed E-state index contributed by atoms with van der Waals surface area (Å²) in [7, 11) is 0. The van der Waals surface area contributed by atoms with Crippen LogP contribution < -0.4 is 10.6 Å². The SMILES string of the molecule is CCNCC(=O)NC1CCC(C)CC1C. The number of hydrogen-bond acceptors (Lipinski definition) is 2. The highest BCUT2D eigenvalue weighted by molar-refractivity contribution is 5.78. The summed E-state index contributed by atoms with van der Waals surface area (Å²) < 4.78 is 0. The van der Waals surface area contributed by atoms with Crippen molar-refractivity contribution in [2.75, 3.05) is 13.1 Å². The first kappa shape index (κ1) is 12.5. The van der Waals surface area contributed by atoms with E-state index in [0.29, 0.717) is 18.5 Å². The van der Waals surface area contributed by atoms with Crippen molar-refractivity contribution in [2.45, 2.75) is 46.1 Å². The molecule has 0 radical (unpaired) electrons. The Bertz CT molecular complexity index is 206. The average Bonchev–Trinajstić information content (AvgIpc) is 2.19. The van der Waals surface area contributed by atoms with Gasteiger partial charge in [0, 0.05) is 6.04 Å². The van der Waals surface area contributed by atoms with Crippen molar-refractivity contribution < 1.29 is 4.79 Å². The summed E-state index contributed by atoms with van der Waals surface area (Å²) in [6.45, 7) is 7.86. The van der Waals surface area contributed by atoms with Crippen LogP contribution >= 0.6 is 0 Å². The highest BCUT2D eigenvalue weighted by Crippen LogP contribution is 2.28. The number of rotatable bonds is 4. The number of nitrogens with one attached hydrogen (secondary N) is 2. The van der Waals surface area contributed by atoms with Crippen LogP contribution in [0.5, 0.6) is 0 Å². The molecule has 0 aromatic heterocycles. The van der Waals surface area contributed by atoms with Crippen LogP contribution in [0.2, 0.25) is 0 Å². The van der Waals surface area contributed by atoms with E-state index in [1.807, 2.05) is 6.92 Å². The van der Waals surface area contributed by atoms with Crippen molar-refractivity contribution in [1.29, 1.82) is 0 Å². The van der Waals surface area contributed by atoms with Crippen molar-refractivity contribution >= 4 is 5.91 Å². The van der Waals surface area contributed by atoms with E-state index < -0.39 is 0 Å². The topological polar surface area (TPSA) is 41.1 Å². The molecular formula is C12H24N2O. The molecule has 1 saturated carbocycles. The van der Waals surface area contributed by atoms with Crippen LogP contribution in [0.1, 0.15) is 40.0 Å². The molecule has 1 aliphatic carbocycles. The lowest BCUT2D eigenvalue weighted by Gasteiger charge is -2.33. The summed E-state index contributed by atoms with van der Waals surface area (Å²) in [6, 6.07) is 0.396. The number of hydrogen-bond donors (Lipinski definition) is 2. The zero-order valence-corrected chi connectivity index (χ0v) is 10.2. The Labute approximate surface area is 93.0 Å². The minimum atomic E-state index is 0.142. The Balaban J connectivity index is 2.28. The lowest BCUT2D eigenvalue weighted by molar-refractivity contribution is -0.121. The second-order valence-corrected chi connectivity index (χ2v) is 4.85. The highest BCUT2D eigenvalue weighted by Gasteiger charge is 2.26. The molecule has 0 bridgehead atoms. The van der Waals surface area contributed by atoms with Gasteiger partial charge in [-0.3, -0.25) is 4.79 Å². The van der Waals surface area contributed by atoms with Gasteiger partial charge in [-0.05, 0) is 37.6 Å². The minimum Gasteiger partial charge on any atom is -0.352 e. The highest BCUT2D eigenvalue weighted by atomic mass is 16.1. The van der Waals surface area contributed by atoms with E-state index in [1.165, 1.54) is 12.8 Å². The van der Waals surface area contributed by atoms with E-state index in [4.69, 9.17) is 0 Å². The zero-order chi connectivity index (χ0) is 11.3. The summed E-state index contributed by atoms with van der Waals surface area (Å²) in [4.78, 5) is 11.5. The Morgan fingerprint density at radius 2 is 2.07 bits per heavy atom. The zero-order valence-electron chi connectivity index (χ0n) is 10.2. The first-order chi connectivity index (χ1) is 7.13. The van der Waals surface area contributed by atoms with Crippen molar-refractivity contribution in [3.05, 3.63) is 0 Å². The lowest BCUT2D eigenvalue weighted by Crippen LogP contribution is -2.45. The molecule has 3 nitrogen and oxygen atoms in total. The van der Waals surface area contributed by atoms with Crippen molar-refractivity contribution in [1.82, 2.24) is 10.6 Å². The van der Waals surface area contributed by atoms with E-state index >= 15 is 0 Å². The van der Waals surface area contributed by atoms with E-state index in [1.54, 1.807) is 0 Å². The van der Waals surface area contributed by atoms with Gasteiger partial charge in [-0.2, -0.15) is 0 Å². The molecule has 0 aliphatic heterocycles. The van der Waals surface area contributed by atoms with Gasteiger partial charge in [-0.15, -0.1) is 0 Å². The number of carbonyl (C=O) groups excluding carboxylic acids is 1. The predicted molar refractivity (Wildman–Crippen MR) is 62.7 cm³/mol. The van der Waals surface area contributed by atoms with Crippen LogP contribution in [0, 0.1) is 11.8 Å². The van der Waals surface area contributed by atoms with Gasteiger partial charge in [0.25, 0.3) is 0 Å². The smallest absolute Gasteiger partial charge is 0.234 e. The third-order valence-corrected chi connectivity index (χ3v) is 3.31. The number of likely N-dealkylation sites (N-methyl/N-ethyl adjacent to an activating group) is 1. The fourth-order valence-corrected chi connectivity index (χ4v) is 2.38. The average molecular weight is 212 g/mol. The molecule has 1 fully saturated rings. The molecule has 15 heavy (non-hydrogen) atoms. The summed E-state index contributed by atoms with van der Waals surface area (Å²) in [5.74, 6) is 1.59. The maximum Gasteiger partial charge on any atom is 0.234 e. The van der Waals surface area contributed by atoms with Crippen LogP contribution in [-0.2, 0) is 4.79 Å². The summed E-state index contributed by atoms with van der Waals surface area (Å²) in [6.07, 6.45) is 3.63. The third kappa shape index (κ3) is 4.20. The van der Waals surface area contributed by atoms with Gasteiger partial charge < -0.3 is 10.6 Å². The molecule has 1 rings (SSSR count). The van der Waals surface area contributed by atoms with Crippen LogP contribution in [-0.4, -0.2) is 25.0 Å². The van der Waals surface area contributed by atoms with E-state index in [0.717, 1.165) is 18.9 Å². The maximum atomic E-state index is 11.5. The Kier molecular flexibility index (Phi) is 5.09. The molecule has 3 atom stereocenters. The summed E-state index contributed by atoms with van der Waals surface area (Å²) in [5, 5.41) is 6.17. The summed E-state index contributed by atoms with van der Waals surface area (Å²) in [5.41, 5.74) is 0. The molecule has 2 N–H and O–H groups in total. The Hall–Kier alpha value is -0.570. The normalized spacial score (nSPS) is 31.3. The molecule has 0 spiro atoms. The van der Waals surface area contributed by atoms with Gasteiger partial charge in [0.15, 0.2) is 0 Å². The lowest BCUT2D eigenvalue weighted by atomic mass is 9.80. The van der Waals surface area contributed by atoms with Gasteiger partial charge in [-0.1, -0.05) is 20.8 Å². The van der Waals surface area contributed by atoms with E-state index in [9.17, 15) is 4.79 Å². The molecule has 1 aliphatic rings. The van der Waals surface area contributed by atoms with Crippen molar-refractivity contribution in [3.8, 4) is 0 Å². The Morgan fingerprint density at radius 1 is 1.33 bits per heavy atom. The minimum absolute atomic E-state index is 0.142. The van der Waals surface area contributed by atoms with Crippen LogP contribution in [0.4, 0.5) is 0 Å². The fraction of sp³-hybridized carbons (Fsp3) is 0.917. The van der Waals surface area contributed by atoms with Crippen molar-refractivity contribution in [3.63, 3.8) is 0 Å². The first-order valence-corrected chi connectivity index (χ1v) is 6.13. The standard InChI is InChI=1S/C12H24N2O/c1-4-13-8-12(15)14-11-6-5-9(2)7-10(11)3/h9-11,13H,4-8H2,1-3H3,(H,14,15). The van der Waals surface area contributed by atoms with E-state index in [2.05, 4.69) is 24.5 Å². The van der Waals surface area contributed by atoms with Gasteiger partial charge in [-0.25, -0.2) is 0 Å². The van der Waals surface area contributed by atoms with Crippen LogP contribution in [0.3, 0.4) is 0 Å². The van der Waals surface area contributed by atoms with Crippen molar-refractivity contribution in [2.24, 2.45) is 11.8 Å². The third-order valence-electron chi connectivity index (χ3n) is 3.31. The molecule has 88 valence electrons. The second-order valence-electron chi connectivity index (χ2n) is 4.85. The number of amides is 1. The first-order valence-electron chi connectivity index (χ1n) is 6.13. The monoisotopic (exact) mass is 212 g/mol. The predicted octanol–water partition coefficient (Wildman–Crippen LogP) is 1.54. The Morgan fingerprint density at radius 3 is 2.67 bits per heavy atom.